The molecule has 0 aliphatic heterocycles. The van der Waals surface area contributed by atoms with Crippen molar-refractivity contribution in [3.05, 3.63) is 29.6 Å². The molecular weight excluding hydrogens is 245 g/mol. The minimum absolute atomic E-state index is 0.245. The monoisotopic (exact) mass is 267 g/mol. The lowest BCUT2D eigenvalue weighted by Gasteiger charge is -2.31. The number of nitrogens with one attached hydrogen (secondary N) is 1. The summed E-state index contributed by atoms with van der Waals surface area (Å²) in [6.07, 6.45) is 4.79. The van der Waals surface area contributed by atoms with E-state index in [-0.39, 0.29) is 12.4 Å². The van der Waals surface area contributed by atoms with Crippen LogP contribution in [0.4, 0.5) is 4.39 Å². The summed E-state index contributed by atoms with van der Waals surface area (Å²) >= 11 is 0. The highest BCUT2D eigenvalue weighted by molar-refractivity contribution is 5.29. The van der Waals surface area contributed by atoms with Crippen molar-refractivity contribution in [3.63, 3.8) is 0 Å². The number of ether oxygens (including phenoxy) is 1. The number of benzene rings is 1. The maximum absolute atomic E-state index is 13.4. The number of aliphatic hydroxyl groups is 1. The third-order valence-corrected chi connectivity index (χ3v) is 3.60. The molecule has 0 amide bonds. The molecule has 0 atom stereocenters. The molecule has 19 heavy (non-hydrogen) atoms. The number of halogens is 1. The molecule has 1 aliphatic rings. The van der Waals surface area contributed by atoms with E-state index in [1.54, 1.807) is 0 Å². The first-order valence-corrected chi connectivity index (χ1v) is 6.91. The van der Waals surface area contributed by atoms with Crippen LogP contribution < -0.4 is 10.1 Å². The Morgan fingerprint density at radius 3 is 2.68 bits per heavy atom. The van der Waals surface area contributed by atoms with Gasteiger partial charge in [-0.05, 0) is 37.6 Å². The normalized spacial score (nSPS) is 18.3. The van der Waals surface area contributed by atoms with Gasteiger partial charge in [0.05, 0.1) is 5.60 Å². The second-order valence-electron chi connectivity index (χ2n) is 5.40. The Morgan fingerprint density at radius 1 is 1.26 bits per heavy atom. The summed E-state index contributed by atoms with van der Waals surface area (Å²) in [5, 5.41) is 13.3. The highest BCUT2D eigenvalue weighted by Crippen LogP contribution is 2.29. The molecule has 1 aromatic rings. The molecule has 1 fully saturated rings. The lowest BCUT2D eigenvalue weighted by molar-refractivity contribution is -0.0339. The van der Waals surface area contributed by atoms with Crippen LogP contribution >= 0.6 is 0 Å². The summed E-state index contributed by atoms with van der Waals surface area (Å²) in [7, 11) is 1.82. The van der Waals surface area contributed by atoms with Gasteiger partial charge in [-0.3, -0.25) is 0 Å². The second-order valence-corrected chi connectivity index (χ2v) is 5.40. The van der Waals surface area contributed by atoms with Gasteiger partial charge in [-0.2, -0.15) is 0 Å². The zero-order valence-electron chi connectivity index (χ0n) is 11.4. The van der Waals surface area contributed by atoms with Crippen LogP contribution in [-0.2, 0) is 6.54 Å². The van der Waals surface area contributed by atoms with Crippen molar-refractivity contribution in [2.75, 3.05) is 13.7 Å². The third-order valence-electron chi connectivity index (χ3n) is 3.60. The average molecular weight is 267 g/mol. The molecule has 0 unspecified atom stereocenters. The quantitative estimate of drug-likeness (QED) is 0.861. The zero-order chi connectivity index (χ0) is 13.7. The van der Waals surface area contributed by atoms with Crippen LogP contribution in [0, 0.1) is 5.82 Å². The molecule has 2 rings (SSSR count). The summed E-state index contributed by atoms with van der Waals surface area (Å²) in [6, 6.07) is 4.66. The lowest BCUT2D eigenvalue weighted by Crippen LogP contribution is -2.37. The van der Waals surface area contributed by atoms with E-state index in [4.69, 9.17) is 4.74 Å². The zero-order valence-corrected chi connectivity index (χ0v) is 11.4. The van der Waals surface area contributed by atoms with Crippen LogP contribution in [0.15, 0.2) is 18.2 Å². The van der Waals surface area contributed by atoms with Gasteiger partial charge in [0.2, 0.25) is 0 Å². The first-order chi connectivity index (χ1) is 9.11. The second kappa shape index (κ2) is 6.35. The maximum Gasteiger partial charge on any atom is 0.127 e. The smallest absolute Gasteiger partial charge is 0.127 e. The van der Waals surface area contributed by atoms with E-state index >= 15 is 0 Å². The Hall–Kier alpha value is -1.13. The van der Waals surface area contributed by atoms with Crippen LogP contribution in [-0.4, -0.2) is 24.4 Å². The first-order valence-electron chi connectivity index (χ1n) is 6.91. The average Bonchev–Trinajstić information content (AvgIpc) is 2.37. The van der Waals surface area contributed by atoms with Gasteiger partial charge < -0.3 is 15.2 Å². The molecule has 1 saturated carbocycles. The summed E-state index contributed by atoms with van der Waals surface area (Å²) in [5.41, 5.74) is 0.0985. The van der Waals surface area contributed by atoms with E-state index in [0.29, 0.717) is 12.3 Å². The molecule has 106 valence electrons. The van der Waals surface area contributed by atoms with Crippen LogP contribution in [0.25, 0.3) is 0 Å². The van der Waals surface area contributed by atoms with Crippen LogP contribution in [0.1, 0.15) is 37.7 Å². The van der Waals surface area contributed by atoms with Crippen molar-refractivity contribution in [2.45, 2.75) is 44.2 Å². The van der Waals surface area contributed by atoms with Gasteiger partial charge in [0, 0.05) is 12.6 Å². The number of rotatable bonds is 5. The van der Waals surface area contributed by atoms with Gasteiger partial charge in [0.15, 0.2) is 0 Å². The Bertz CT molecular complexity index is 417. The Labute approximate surface area is 113 Å². The van der Waals surface area contributed by atoms with Gasteiger partial charge in [-0.25, -0.2) is 4.39 Å². The third kappa shape index (κ3) is 4.18. The molecule has 1 aliphatic carbocycles. The fourth-order valence-electron chi connectivity index (χ4n) is 2.58. The molecule has 4 heteroatoms. The van der Waals surface area contributed by atoms with Crippen molar-refractivity contribution < 1.29 is 14.2 Å². The SMILES string of the molecule is CNCc1cc(F)cc(OCC2(O)CCCCC2)c1. The number of hydrogen-bond acceptors (Lipinski definition) is 3. The van der Waals surface area contributed by atoms with Crippen molar-refractivity contribution in [1.82, 2.24) is 5.32 Å². The Morgan fingerprint density at radius 2 is 2.00 bits per heavy atom. The highest BCUT2D eigenvalue weighted by atomic mass is 19.1. The van der Waals surface area contributed by atoms with E-state index in [1.165, 1.54) is 18.6 Å². The van der Waals surface area contributed by atoms with E-state index in [1.807, 2.05) is 13.1 Å². The minimum Gasteiger partial charge on any atom is -0.490 e. The largest absolute Gasteiger partial charge is 0.490 e. The van der Waals surface area contributed by atoms with Crippen molar-refractivity contribution in [2.24, 2.45) is 0 Å². The molecule has 0 heterocycles. The topological polar surface area (TPSA) is 41.5 Å². The predicted molar refractivity (Wildman–Crippen MR) is 72.7 cm³/mol. The van der Waals surface area contributed by atoms with Crippen molar-refractivity contribution in [3.8, 4) is 5.75 Å². The summed E-state index contributed by atoms with van der Waals surface area (Å²) < 4.78 is 19.0. The van der Waals surface area contributed by atoms with E-state index in [9.17, 15) is 9.50 Å². The summed E-state index contributed by atoms with van der Waals surface area (Å²) in [6.45, 7) is 0.841. The van der Waals surface area contributed by atoms with E-state index in [2.05, 4.69) is 5.32 Å². The Balaban J connectivity index is 1.98. The molecule has 2 N–H and O–H groups in total. The Kier molecular flexibility index (Phi) is 4.77. The molecule has 3 nitrogen and oxygen atoms in total. The minimum atomic E-state index is -0.742. The fourth-order valence-corrected chi connectivity index (χ4v) is 2.58. The van der Waals surface area contributed by atoms with Crippen LogP contribution in [0.5, 0.6) is 5.75 Å². The maximum atomic E-state index is 13.4. The molecule has 0 saturated heterocycles. The van der Waals surface area contributed by atoms with E-state index in [0.717, 1.165) is 31.2 Å². The predicted octanol–water partition coefficient (Wildman–Crippen LogP) is 2.62. The van der Waals surface area contributed by atoms with Crippen LogP contribution in [0.2, 0.25) is 0 Å². The van der Waals surface area contributed by atoms with Gasteiger partial charge in [-0.1, -0.05) is 19.3 Å². The summed E-state index contributed by atoms with van der Waals surface area (Å²) in [4.78, 5) is 0. The summed E-state index contributed by atoms with van der Waals surface area (Å²) in [5.74, 6) is 0.183. The van der Waals surface area contributed by atoms with Gasteiger partial charge in [-0.15, -0.1) is 0 Å². The van der Waals surface area contributed by atoms with E-state index < -0.39 is 5.60 Å². The van der Waals surface area contributed by atoms with Crippen LogP contribution in [0.3, 0.4) is 0 Å². The van der Waals surface area contributed by atoms with Crippen molar-refractivity contribution in [1.29, 1.82) is 0 Å². The lowest BCUT2D eigenvalue weighted by atomic mass is 9.85. The molecule has 0 radical (unpaired) electrons. The highest BCUT2D eigenvalue weighted by Gasteiger charge is 2.30. The molecule has 1 aromatic carbocycles. The van der Waals surface area contributed by atoms with Gasteiger partial charge >= 0.3 is 0 Å². The van der Waals surface area contributed by atoms with Gasteiger partial charge in [0.1, 0.15) is 18.2 Å². The molecular formula is C15H22FNO2. The molecule has 0 bridgehead atoms. The molecule has 0 aromatic heterocycles. The first kappa shape index (κ1) is 14.3. The fraction of sp³-hybridized carbons (Fsp3) is 0.600. The molecule has 0 spiro atoms. The van der Waals surface area contributed by atoms with Crippen molar-refractivity contribution >= 4 is 0 Å². The standard InChI is InChI=1S/C15H22FNO2/c1-17-10-12-7-13(16)9-14(8-12)19-11-15(18)5-3-2-4-6-15/h7-9,17-18H,2-6,10-11H2,1H3. The van der Waals surface area contributed by atoms with Gasteiger partial charge in [0.25, 0.3) is 0 Å². The number of hydrogen-bond donors (Lipinski definition) is 2.